The number of carboxylic acids is 1. The van der Waals surface area contributed by atoms with Crippen molar-refractivity contribution >= 4 is 17.7 Å². The van der Waals surface area contributed by atoms with Crippen LogP contribution < -0.4 is 4.74 Å². The standard InChI is InChI=1S/C25H38O8/c1-2-3-4-5-6-7-8-21-9-11-22(12-10-21)32-19-17-30-15-16-31-18-20-33-24(27)14-13-23(26)25(28)29/h9-12H,2-8,13-20H2,1H3,(H,28,29). The first-order valence-corrected chi connectivity index (χ1v) is 11.8. The van der Waals surface area contributed by atoms with Crippen molar-refractivity contribution in [1.82, 2.24) is 0 Å². The van der Waals surface area contributed by atoms with Crippen molar-refractivity contribution in [3.8, 4) is 5.75 Å². The summed E-state index contributed by atoms with van der Waals surface area (Å²) in [7, 11) is 0. The van der Waals surface area contributed by atoms with E-state index in [1.165, 1.54) is 44.1 Å². The summed E-state index contributed by atoms with van der Waals surface area (Å²) in [4.78, 5) is 32.6. The maximum absolute atomic E-state index is 11.3. The lowest BCUT2D eigenvalue weighted by Gasteiger charge is -2.09. The molecule has 0 aliphatic rings. The molecule has 0 atom stereocenters. The van der Waals surface area contributed by atoms with Gasteiger partial charge in [-0.3, -0.25) is 9.59 Å². The Kier molecular flexibility index (Phi) is 16.5. The van der Waals surface area contributed by atoms with E-state index in [0.717, 1.165) is 12.2 Å². The van der Waals surface area contributed by atoms with Crippen molar-refractivity contribution in [3.63, 3.8) is 0 Å². The summed E-state index contributed by atoms with van der Waals surface area (Å²) < 4.78 is 21.2. The monoisotopic (exact) mass is 466 g/mol. The predicted octanol–water partition coefficient (Wildman–Crippen LogP) is 3.98. The van der Waals surface area contributed by atoms with Gasteiger partial charge in [-0.1, -0.05) is 51.2 Å². The second kappa shape index (κ2) is 19.1. The minimum atomic E-state index is -1.55. The van der Waals surface area contributed by atoms with Crippen LogP contribution in [0.3, 0.4) is 0 Å². The lowest BCUT2D eigenvalue weighted by Crippen LogP contribution is -2.17. The highest BCUT2D eigenvalue weighted by Crippen LogP contribution is 2.15. The minimum absolute atomic E-state index is 0.0397. The molecule has 0 aromatic heterocycles. The molecule has 1 aromatic carbocycles. The first-order chi connectivity index (χ1) is 16.0. The van der Waals surface area contributed by atoms with Gasteiger partial charge in [0.25, 0.3) is 0 Å². The summed E-state index contributed by atoms with van der Waals surface area (Å²) in [5, 5.41) is 8.42. The Morgan fingerprint density at radius 2 is 1.36 bits per heavy atom. The van der Waals surface area contributed by atoms with E-state index in [2.05, 4.69) is 19.1 Å². The van der Waals surface area contributed by atoms with E-state index in [9.17, 15) is 14.4 Å². The normalized spacial score (nSPS) is 10.7. The molecule has 0 spiro atoms. The molecule has 0 heterocycles. The van der Waals surface area contributed by atoms with Gasteiger partial charge in [0, 0.05) is 6.42 Å². The van der Waals surface area contributed by atoms with Crippen molar-refractivity contribution in [2.24, 2.45) is 0 Å². The lowest BCUT2D eigenvalue weighted by molar-refractivity contribution is -0.151. The predicted molar refractivity (Wildman–Crippen MR) is 123 cm³/mol. The molecule has 0 unspecified atom stereocenters. The number of Topliss-reactive ketones (excluding diaryl/α,β-unsaturated/α-hetero) is 1. The number of carboxylic acid groups (broad SMARTS) is 1. The second-order valence-electron chi connectivity index (χ2n) is 7.68. The Morgan fingerprint density at radius 1 is 0.758 bits per heavy atom. The summed E-state index contributed by atoms with van der Waals surface area (Å²) >= 11 is 0. The fraction of sp³-hybridized carbons (Fsp3) is 0.640. The number of ketones is 1. The molecular weight excluding hydrogens is 428 g/mol. The minimum Gasteiger partial charge on any atom is -0.491 e. The largest absolute Gasteiger partial charge is 0.491 e. The highest BCUT2D eigenvalue weighted by atomic mass is 16.6. The highest BCUT2D eigenvalue weighted by molar-refractivity contribution is 6.32. The Morgan fingerprint density at radius 3 is 2.03 bits per heavy atom. The first kappa shape index (κ1) is 28.6. The van der Waals surface area contributed by atoms with E-state index < -0.39 is 17.7 Å². The van der Waals surface area contributed by atoms with Crippen LogP contribution in [0.15, 0.2) is 24.3 Å². The number of rotatable bonds is 21. The van der Waals surface area contributed by atoms with Crippen molar-refractivity contribution < 1.29 is 38.4 Å². The van der Waals surface area contributed by atoms with E-state index in [0.29, 0.717) is 26.4 Å². The third-order valence-electron chi connectivity index (χ3n) is 4.90. The van der Waals surface area contributed by atoms with Crippen LogP contribution in [0.2, 0.25) is 0 Å². The average molecular weight is 467 g/mol. The summed E-state index contributed by atoms with van der Waals surface area (Å²) in [6, 6.07) is 8.22. The fourth-order valence-corrected chi connectivity index (χ4v) is 3.01. The van der Waals surface area contributed by atoms with Gasteiger partial charge in [-0.25, -0.2) is 4.79 Å². The van der Waals surface area contributed by atoms with Crippen LogP contribution in [0, 0.1) is 0 Å². The number of hydrogen-bond acceptors (Lipinski definition) is 7. The molecule has 0 amide bonds. The summed E-state index contributed by atoms with van der Waals surface area (Å²) in [6.45, 7) is 4.10. The Labute approximate surface area is 196 Å². The Bertz CT molecular complexity index is 671. The van der Waals surface area contributed by atoms with Crippen molar-refractivity contribution in [3.05, 3.63) is 29.8 Å². The van der Waals surface area contributed by atoms with Crippen LogP contribution in [0.25, 0.3) is 0 Å². The fourth-order valence-electron chi connectivity index (χ4n) is 3.01. The maximum atomic E-state index is 11.3. The third-order valence-corrected chi connectivity index (χ3v) is 4.90. The molecule has 0 radical (unpaired) electrons. The smallest absolute Gasteiger partial charge is 0.372 e. The van der Waals surface area contributed by atoms with Crippen molar-refractivity contribution in [2.75, 3.05) is 39.6 Å². The number of unbranched alkanes of at least 4 members (excludes halogenated alkanes) is 5. The van der Waals surface area contributed by atoms with Gasteiger partial charge in [0.1, 0.15) is 19.0 Å². The SMILES string of the molecule is CCCCCCCCc1ccc(OCCOCCOCCOC(=O)CCC(=O)C(=O)O)cc1. The van der Waals surface area contributed by atoms with Gasteiger partial charge >= 0.3 is 11.9 Å². The van der Waals surface area contributed by atoms with Crippen molar-refractivity contribution in [1.29, 1.82) is 0 Å². The van der Waals surface area contributed by atoms with Gasteiger partial charge < -0.3 is 24.1 Å². The van der Waals surface area contributed by atoms with Gasteiger partial charge in [-0.2, -0.15) is 0 Å². The van der Waals surface area contributed by atoms with Crippen LogP contribution in [0.1, 0.15) is 63.9 Å². The molecule has 8 nitrogen and oxygen atoms in total. The maximum Gasteiger partial charge on any atom is 0.372 e. The van der Waals surface area contributed by atoms with Gasteiger partial charge in [0.05, 0.1) is 32.8 Å². The Balaban J connectivity index is 1.93. The zero-order valence-corrected chi connectivity index (χ0v) is 19.7. The molecule has 1 rings (SSSR count). The molecule has 1 N–H and O–H groups in total. The summed E-state index contributed by atoms with van der Waals surface area (Å²) in [5.41, 5.74) is 1.34. The average Bonchev–Trinajstić information content (AvgIpc) is 2.81. The van der Waals surface area contributed by atoms with Crippen molar-refractivity contribution in [2.45, 2.75) is 64.7 Å². The van der Waals surface area contributed by atoms with Gasteiger partial charge in [0.15, 0.2) is 0 Å². The molecule has 0 saturated carbocycles. The second-order valence-corrected chi connectivity index (χ2v) is 7.68. The van der Waals surface area contributed by atoms with E-state index in [-0.39, 0.29) is 26.1 Å². The zero-order chi connectivity index (χ0) is 24.2. The first-order valence-electron chi connectivity index (χ1n) is 11.8. The topological polar surface area (TPSA) is 108 Å². The third kappa shape index (κ3) is 15.9. The molecule has 0 bridgehead atoms. The van der Waals surface area contributed by atoms with E-state index in [1.807, 2.05) is 12.1 Å². The quantitative estimate of drug-likeness (QED) is 0.165. The van der Waals surface area contributed by atoms with Crippen LogP contribution in [-0.4, -0.2) is 62.5 Å². The van der Waals surface area contributed by atoms with Crippen LogP contribution in [-0.2, 0) is 35.0 Å². The number of aryl methyl sites for hydroxylation is 1. The number of carbonyl (C=O) groups is 3. The van der Waals surface area contributed by atoms with Gasteiger partial charge in [0.2, 0.25) is 5.78 Å². The van der Waals surface area contributed by atoms with E-state index in [1.54, 1.807) is 0 Å². The van der Waals surface area contributed by atoms with Crippen LogP contribution in [0.5, 0.6) is 5.75 Å². The number of carbonyl (C=O) groups excluding carboxylic acids is 2. The number of aliphatic carboxylic acids is 1. The van der Waals surface area contributed by atoms with E-state index >= 15 is 0 Å². The van der Waals surface area contributed by atoms with Gasteiger partial charge in [-0.05, 0) is 30.5 Å². The highest BCUT2D eigenvalue weighted by Gasteiger charge is 2.14. The number of ether oxygens (including phenoxy) is 4. The Hall–Kier alpha value is -2.45. The number of esters is 1. The van der Waals surface area contributed by atoms with E-state index in [4.69, 9.17) is 24.1 Å². The molecule has 1 aromatic rings. The van der Waals surface area contributed by atoms with Crippen LogP contribution in [0.4, 0.5) is 0 Å². The zero-order valence-electron chi connectivity index (χ0n) is 19.7. The molecule has 8 heteroatoms. The lowest BCUT2D eigenvalue weighted by atomic mass is 10.0. The number of hydrogen-bond donors (Lipinski definition) is 1. The molecule has 0 aliphatic carbocycles. The van der Waals surface area contributed by atoms with Crippen LogP contribution >= 0.6 is 0 Å². The molecule has 0 saturated heterocycles. The molecular formula is C25H38O8. The molecule has 0 fully saturated rings. The molecule has 0 aliphatic heterocycles. The number of benzene rings is 1. The molecule has 186 valence electrons. The summed E-state index contributed by atoms with van der Waals surface area (Å²) in [5.74, 6) is -2.36. The molecule has 33 heavy (non-hydrogen) atoms. The van der Waals surface area contributed by atoms with Gasteiger partial charge in [-0.15, -0.1) is 0 Å². The summed E-state index contributed by atoms with van der Waals surface area (Å²) in [6.07, 6.45) is 8.30.